The smallest absolute Gasteiger partial charge is 0.387 e. The summed E-state index contributed by atoms with van der Waals surface area (Å²) in [5, 5.41) is 9.61. The molecule has 1 aromatic heterocycles. The van der Waals surface area contributed by atoms with E-state index in [4.69, 9.17) is 17.0 Å². The second-order valence-corrected chi connectivity index (χ2v) is 6.32. The normalized spacial score (nSPS) is 10.8. The molecule has 7 nitrogen and oxygen atoms in total. The van der Waals surface area contributed by atoms with Gasteiger partial charge in [0.25, 0.3) is 0 Å². The summed E-state index contributed by atoms with van der Waals surface area (Å²) in [4.78, 5) is 12.3. The predicted octanol–water partition coefficient (Wildman–Crippen LogP) is 4.25. The highest BCUT2D eigenvalue weighted by Gasteiger charge is 2.12. The van der Waals surface area contributed by atoms with E-state index in [1.165, 1.54) is 18.2 Å². The first-order valence-corrected chi connectivity index (χ1v) is 9.01. The number of alkyl halides is 2. The van der Waals surface area contributed by atoms with Crippen LogP contribution in [0.2, 0.25) is 0 Å². The van der Waals surface area contributed by atoms with Crippen LogP contribution in [-0.2, 0) is 11.3 Å². The highest BCUT2D eigenvalue weighted by molar-refractivity contribution is 7.71. The zero-order valence-corrected chi connectivity index (χ0v) is 16.2. The van der Waals surface area contributed by atoms with Crippen LogP contribution in [0, 0.1) is 4.77 Å². The van der Waals surface area contributed by atoms with Gasteiger partial charge in [0.2, 0.25) is 5.91 Å². The third kappa shape index (κ3) is 5.38. The summed E-state index contributed by atoms with van der Waals surface area (Å²) in [7, 11) is 1.58. The molecule has 0 atom stereocenters. The third-order valence-corrected chi connectivity index (χ3v) is 4.32. The van der Waals surface area contributed by atoms with Crippen LogP contribution in [0.15, 0.2) is 48.5 Å². The van der Waals surface area contributed by atoms with Gasteiger partial charge >= 0.3 is 6.61 Å². The van der Waals surface area contributed by atoms with Crippen LogP contribution < -0.4 is 14.8 Å². The minimum Gasteiger partial charge on any atom is -0.497 e. The van der Waals surface area contributed by atoms with Gasteiger partial charge in [-0.2, -0.15) is 13.9 Å². The van der Waals surface area contributed by atoms with Gasteiger partial charge in [-0.25, -0.2) is 0 Å². The van der Waals surface area contributed by atoms with Gasteiger partial charge < -0.3 is 14.8 Å². The zero-order valence-electron chi connectivity index (χ0n) is 15.4. The predicted molar refractivity (Wildman–Crippen MR) is 106 cm³/mol. The molecule has 1 amide bonds. The van der Waals surface area contributed by atoms with Crippen molar-refractivity contribution in [2.75, 3.05) is 12.4 Å². The molecule has 10 heteroatoms. The van der Waals surface area contributed by atoms with Crippen molar-refractivity contribution >= 4 is 23.8 Å². The van der Waals surface area contributed by atoms with Crippen molar-refractivity contribution < 1.29 is 23.0 Å². The van der Waals surface area contributed by atoms with E-state index in [-0.39, 0.29) is 24.6 Å². The minimum atomic E-state index is -2.93. The van der Waals surface area contributed by atoms with Crippen molar-refractivity contribution in [3.8, 4) is 22.9 Å². The Kier molecular flexibility index (Phi) is 6.55. The van der Waals surface area contributed by atoms with Gasteiger partial charge in [-0.05, 0) is 48.6 Å². The lowest BCUT2D eigenvalue weighted by Gasteiger charge is -2.10. The molecule has 0 saturated heterocycles. The Labute approximate surface area is 170 Å². The molecule has 0 aliphatic heterocycles. The van der Waals surface area contributed by atoms with Crippen molar-refractivity contribution in [2.24, 2.45) is 0 Å². The molecule has 1 heterocycles. The number of carbonyl (C=O) groups excluding carboxylic acids is 1. The number of aromatic nitrogens is 3. The number of carbonyl (C=O) groups is 1. The first kappa shape index (κ1) is 20.5. The van der Waals surface area contributed by atoms with Crippen LogP contribution in [-0.4, -0.2) is 34.4 Å². The van der Waals surface area contributed by atoms with E-state index >= 15 is 0 Å². The first-order valence-electron chi connectivity index (χ1n) is 8.60. The number of nitrogens with zero attached hydrogens (tertiary/aromatic N) is 2. The van der Waals surface area contributed by atoms with Crippen molar-refractivity contribution in [3.63, 3.8) is 0 Å². The van der Waals surface area contributed by atoms with E-state index in [0.717, 1.165) is 5.56 Å². The number of methoxy groups -OCH3 is 1. The maximum Gasteiger partial charge on any atom is 0.387 e. The van der Waals surface area contributed by atoms with Crippen LogP contribution in [0.25, 0.3) is 11.4 Å². The van der Waals surface area contributed by atoms with Gasteiger partial charge in [0, 0.05) is 30.3 Å². The molecule has 3 aromatic rings. The number of hydrogen-bond donors (Lipinski definition) is 2. The molecule has 3 rings (SSSR count). The Morgan fingerprint density at radius 1 is 1.24 bits per heavy atom. The average molecular weight is 420 g/mol. The molecule has 2 aromatic carbocycles. The fourth-order valence-electron chi connectivity index (χ4n) is 2.67. The number of anilines is 1. The number of amides is 1. The molecule has 0 unspecified atom stereocenters. The molecule has 0 aliphatic rings. The Balaban J connectivity index is 1.66. The number of nitrogens with one attached hydrogen (secondary N) is 2. The van der Waals surface area contributed by atoms with Crippen LogP contribution in [0.3, 0.4) is 0 Å². The first-order chi connectivity index (χ1) is 14.0. The lowest BCUT2D eigenvalue weighted by Crippen LogP contribution is -2.15. The highest BCUT2D eigenvalue weighted by Crippen LogP contribution is 2.22. The minimum absolute atomic E-state index is 0.0309. The average Bonchev–Trinajstić information content (AvgIpc) is 3.06. The number of halogens is 2. The van der Waals surface area contributed by atoms with Gasteiger partial charge in [-0.3, -0.25) is 14.5 Å². The Bertz CT molecular complexity index is 1030. The number of rotatable bonds is 8. The Hall–Kier alpha value is -3.27. The van der Waals surface area contributed by atoms with Crippen molar-refractivity contribution in [3.05, 3.63) is 53.3 Å². The molecule has 152 valence electrons. The van der Waals surface area contributed by atoms with Crippen LogP contribution in [0.1, 0.15) is 6.42 Å². The van der Waals surface area contributed by atoms with E-state index in [9.17, 15) is 13.6 Å². The number of hydrogen-bond acceptors (Lipinski definition) is 5. The molecular weight excluding hydrogens is 402 g/mol. The third-order valence-electron chi connectivity index (χ3n) is 4.01. The zero-order chi connectivity index (χ0) is 20.8. The summed E-state index contributed by atoms with van der Waals surface area (Å²) < 4.78 is 36.2. The molecule has 2 N–H and O–H groups in total. The lowest BCUT2D eigenvalue weighted by molar-refractivity contribution is -0.116. The van der Waals surface area contributed by atoms with Crippen molar-refractivity contribution in [1.82, 2.24) is 14.8 Å². The number of ether oxygens (including phenoxy) is 2. The van der Waals surface area contributed by atoms with Gasteiger partial charge in [-0.15, -0.1) is 0 Å². The fourth-order valence-corrected chi connectivity index (χ4v) is 2.90. The second-order valence-electron chi connectivity index (χ2n) is 5.94. The largest absolute Gasteiger partial charge is 0.497 e. The highest BCUT2D eigenvalue weighted by atomic mass is 32.1. The number of aromatic amines is 1. The summed E-state index contributed by atoms with van der Waals surface area (Å²) in [6.45, 7) is -2.64. The molecule has 0 bridgehead atoms. The monoisotopic (exact) mass is 420 g/mol. The van der Waals surface area contributed by atoms with Crippen LogP contribution in [0.4, 0.5) is 14.5 Å². The van der Waals surface area contributed by atoms with Crippen molar-refractivity contribution in [2.45, 2.75) is 19.6 Å². The van der Waals surface area contributed by atoms with Gasteiger partial charge in [0.15, 0.2) is 10.6 Å². The number of H-pyrrole nitrogens is 1. The van der Waals surface area contributed by atoms with Gasteiger partial charge in [-0.1, -0.05) is 6.07 Å². The van der Waals surface area contributed by atoms with Crippen molar-refractivity contribution in [1.29, 1.82) is 0 Å². The summed E-state index contributed by atoms with van der Waals surface area (Å²) >= 11 is 5.26. The quantitative estimate of drug-likeness (QED) is 0.533. The Morgan fingerprint density at radius 2 is 2.00 bits per heavy atom. The summed E-state index contributed by atoms with van der Waals surface area (Å²) in [5.74, 6) is 0.976. The van der Waals surface area contributed by atoms with Crippen LogP contribution in [0.5, 0.6) is 11.5 Å². The summed E-state index contributed by atoms with van der Waals surface area (Å²) in [6.07, 6.45) is 0.108. The van der Waals surface area contributed by atoms with Crippen LogP contribution >= 0.6 is 12.2 Å². The molecule has 0 fully saturated rings. The maximum absolute atomic E-state index is 12.3. The van der Waals surface area contributed by atoms with E-state index in [1.54, 1.807) is 29.9 Å². The number of benzene rings is 2. The molecule has 29 heavy (non-hydrogen) atoms. The molecule has 0 saturated carbocycles. The SMILES string of the molecule is COc1ccc(-c2n[nH]c(=S)n2CCC(=O)Nc2cccc(OC(F)F)c2)cc1. The fraction of sp³-hybridized carbons (Fsp3) is 0.211. The molecule has 0 radical (unpaired) electrons. The summed E-state index contributed by atoms with van der Waals surface area (Å²) in [6, 6.07) is 13.1. The van der Waals surface area contributed by atoms with E-state index in [0.29, 0.717) is 22.0 Å². The van der Waals surface area contributed by atoms with E-state index in [1.807, 2.05) is 12.1 Å². The Morgan fingerprint density at radius 3 is 2.69 bits per heavy atom. The van der Waals surface area contributed by atoms with E-state index in [2.05, 4.69) is 20.3 Å². The summed E-state index contributed by atoms with van der Waals surface area (Å²) in [5.41, 5.74) is 1.18. The standard InChI is InChI=1S/C19H18F2N4O3S/c1-27-14-7-5-12(6-8-14)17-23-24-19(29)25(17)10-9-16(26)22-13-3-2-4-15(11-13)28-18(20)21/h2-8,11,18H,9-10H2,1H3,(H,22,26)(H,24,29). The molecular formula is C19H18F2N4O3S. The maximum atomic E-state index is 12.3. The topological polar surface area (TPSA) is 81.2 Å². The molecule has 0 aliphatic carbocycles. The van der Waals surface area contributed by atoms with E-state index < -0.39 is 6.61 Å². The molecule has 0 spiro atoms. The lowest BCUT2D eigenvalue weighted by atomic mass is 10.2. The van der Waals surface area contributed by atoms with Gasteiger partial charge in [0.05, 0.1) is 7.11 Å². The van der Waals surface area contributed by atoms with Gasteiger partial charge in [0.1, 0.15) is 11.5 Å². The second kappa shape index (κ2) is 9.28.